The summed E-state index contributed by atoms with van der Waals surface area (Å²) >= 11 is 0. The molecule has 3 rings (SSSR count). The van der Waals surface area contributed by atoms with Crippen molar-refractivity contribution >= 4 is 0 Å². The van der Waals surface area contributed by atoms with Crippen molar-refractivity contribution < 1.29 is 0 Å². The lowest BCUT2D eigenvalue weighted by atomic mass is 10.0. The summed E-state index contributed by atoms with van der Waals surface area (Å²) in [6.07, 6.45) is 4.84. The van der Waals surface area contributed by atoms with Gasteiger partial charge in [-0.25, -0.2) is 9.97 Å². The molecule has 0 saturated heterocycles. The standard InChI is InChI=1S/C14H21N3/c1-3-9(2)14-16-12-6-7-15-8-11(12)13(17-14)10-4-5-10/h9-10,15H,3-8H2,1-2H3. The van der Waals surface area contributed by atoms with Crippen LogP contribution in [-0.2, 0) is 13.0 Å². The van der Waals surface area contributed by atoms with Crippen LogP contribution in [0.3, 0.4) is 0 Å². The zero-order chi connectivity index (χ0) is 11.8. The first-order chi connectivity index (χ1) is 8.29. The summed E-state index contributed by atoms with van der Waals surface area (Å²) in [5.74, 6) is 2.30. The Morgan fingerprint density at radius 3 is 2.88 bits per heavy atom. The molecular weight excluding hydrogens is 210 g/mol. The lowest BCUT2D eigenvalue weighted by molar-refractivity contribution is 0.591. The molecule has 0 bridgehead atoms. The molecule has 1 aliphatic heterocycles. The fraction of sp³-hybridized carbons (Fsp3) is 0.714. The molecule has 1 aromatic rings. The SMILES string of the molecule is CCC(C)c1nc2c(c(C3CC3)n1)CNCC2. The van der Waals surface area contributed by atoms with E-state index in [-0.39, 0.29) is 0 Å². The second kappa shape index (κ2) is 4.37. The monoisotopic (exact) mass is 231 g/mol. The van der Waals surface area contributed by atoms with Crippen LogP contribution in [0.15, 0.2) is 0 Å². The van der Waals surface area contributed by atoms with Gasteiger partial charge in [-0.3, -0.25) is 0 Å². The summed E-state index contributed by atoms with van der Waals surface area (Å²) in [6, 6.07) is 0. The van der Waals surface area contributed by atoms with Gasteiger partial charge in [0.1, 0.15) is 5.82 Å². The van der Waals surface area contributed by atoms with Crippen LogP contribution >= 0.6 is 0 Å². The van der Waals surface area contributed by atoms with Crippen LogP contribution in [-0.4, -0.2) is 16.5 Å². The molecule has 0 aromatic carbocycles. The van der Waals surface area contributed by atoms with Gasteiger partial charge in [0.2, 0.25) is 0 Å². The average molecular weight is 231 g/mol. The van der Waals surface area contributed by atoms with Crippen LogP contribution < -0.4 is 5.32 Å². The molecule has 0 radical (unpaired) electrons. The maximum atomic E-state index is 4.87. The second-order valence-corrected chi connectivity index (χ2v) is 5.40. The summed E-state index contributed by atoms with van der Waals surface area (Å²) in [5.41, 5.74) is 4.08. The normalized spacial score (nSPS) is 21.1. The number of aromatic nitrogens is 2. The Kier molecular flexibility index (Phi) is 2.87. The smallest absolute Gasteiger partial charge is 0.131 e. The minimum Gasteiger partial charge on any atom is -0.312 e. The van der Waals surface area contributed by atoms with E-state index < -0.39 is 0 Å². The first-order valence-corrected chi connectivity index (χ1v) is 6.90. The molecule has 1 N–H and O–H groups in total. The Hall–Kier alpha value is -0.960. The molecule has 1 aliphatic carbocycles. The van der Waals surface area contributed by atoms with Gasteiger partial charge in [-0.2, -0.15) is 0 Å². The molecule has 3 nitrogen and oxygen atoms in total. The second-order valence-electron chi connectivity index (χ2n) is 5.40. The van der Waals surface area contributed by atoms with Gasteiger partial charge < -0.3 is 5.32 Å². The third kappa shape index (κ3) is 2.08. The van der Waals surface area contributed by atoms with E-state index in [1.54, 1.807) is 0 Å². The van der Waals surface area contributed by atoms with Crippen molar-refractivity contribution in [2.45, 2.75) is 57.9 Å². The highest BCUT2D eigenvalue weighted by Gasteiger charge is 2.31. The maximum Gasteiger partial charge on any atom is 0.131 e. The number of hydrogen-bond donors (Lipinski definition) is 1. The zero-order valence-electron chi connectivity index (χ0n) is 10.8. The van der Waals surface area contributed by atoms with Gasteiger partial charge in [0.05, 0.1) is 11.4 Å². The largest absolute Gasteiger partial charge is 0.312 e. The van der Waals surface area contributed by atoms with Crippen LogP contribution in [0, 0.1) is 0 Å². The average Bonchev–Trinajstić information content (AvgIpc) is 3.20. The van der Waals surface area contributed by atoms with E-state index in [9.17, 15) is 0 Å². The molecule has 3 heteroatoms. The van der Waals surface area contributed by atoms with Crippen molar-refractivity contribution in [1.82, 2.24) is 15.3 Å². The number of nitrogens with one attached hydrogen (secondary N) is 1. The molecule has 2 heterocycles. The van der Waals surface area contributed by atoms with Gasteiger partial charge in [-0.05, 0) is 19.3 Å². The number of rotatable bonds is 3. The molecule has 0 amide bonds. The summed E-state index contributed by atoms with van der Waals surface area (Å²) in [4.78, 5) is 9.67. The quantitative estimate of drug-likeness (QED) is 0.868. The molecule has 1 fully saturated rings. The molecule has 1 atom stereocenters. The molecule has 92 valence electrons. The van der Waals surface area contributed by atoms with Crippen molar-refractivity contribution in [2.75, 3.05) is 6.54 Å². The van der Waals surface area contributed by atoms with Gasteiger partial charge in [0.25, 0.3) is 0 Å². The minimum atomic E-state index is 0.493. The molecule has 1 aromatic heterocycles. The van der Waals surface area contributed by atoms with Gasteiger partial charge in [-0.1, -0.05) is 13.8 Å². The maximum absolute atomic E-state index is 4.87. The first kappa shape index (κ1) is 11.1. The van der Waals surface area contributed by atoms with Crippen LogP contribution in [0.1, 0.15) is 67.7 Å². The molecule has 2 aliphatic rings. The number of hydrogen-bond acceptors (Lipinski definition) is 3. The summed E-state index contributed by atoms with van der Waals surface area (Å²) < 4.78 is 0. The predicted molar refractivity (Wildman–Crippen MR) is 68.1 cm³/mol. The summed E-state index contributed by atoms with van der Waals surface area (Å²) in [7, 11) is 0. The molecule has 17 heavy (non-hydrogen) atoms. The van der Waals surface area contributed by atoms with Gasteiger partial charge in [0.15, 0.2) is 0 Å². The van der Waals surface area contributed by atoms with Gasteiger partial charge in [0, 0.05) is 36.9 Å². The Balaban J connectivity index is 2.05. The lowest BCUT2D eigenvalue weighted by Crippen LogP contribution is -2.27. The van der Waals surface area contributed by atoms with Crippen LogP contribution in [0.25, 0.3) is 0 Å². The van der Waals surface area contributed by atoms with Crippen LogP contribution in [0.4, 0.5) is 0 Å². The van der Waals surface area contributed by atoms with Crippen molar-refractivity contribution in [1.29, 1.82) is 0 Å². The third-order valence-electron chi connectivity index (χ3n) is 4.00. The highest BCUT2D eigenvalue weighted by Crippen LogP contribution is 2.42. The van der Waals surface area contributed by atoms with Crippen LogP contribution in [0.5, 0.6) is 0 Å². The van der Waals surface area contributed by atoms with Crippen molar-refractivity contribution in [3.05, 3.63) is 22.8 Å². The highest BCUT2D eigenvalue weighted by atomic mass is 15.0. The lowest BCUT2D eigenvalue weighted by Gasteiger charge is -2.21. The van der Waals surface area contributed by atoms with E-state index in [0.717, 1.165) is 37.7 Å². The van der Waals surface area contributed by atoms with E-state index in [1.807, 2.05) is 0 Å². The third-order valence-corrected chi connectivity index (χ3v) is 4.00. The van der Waals surface area contributed by atoms with E-state index in [4.69, 9.17) is 9.97 Å². The van der Waals surface area contributed by atoms with Crippen molar-refractivity contribution in [3.8, 4) is 0 Å². The Bertz CT molecular complexity index is 424. The molecule has 0 spiro atoms. The Labute approximate surface area is 103 Å². The fourth-order valence-electron chi connectivity index (χ4n) is 2.49. The molecular formula is C14H21N3. The van der Waals surface area contributed by atoms with Crippen molar-refractivity contribution in [3.63, 3.8) is 0 Å². The summed E-state index contributed by atoms with van der Waals surface area (Å²) in [5, 5.41) is 3.45. The highest BCUT2D eigenvalue weighted by molar-refractivity contribution is 5.33. The van der Waals surface area contributed by atoms with E-state index >= 15 is 0 Å². The topological polar surface area (TPSA) is 37.8 Å². The fourth-order valence-corrected chi connectivity index (χ4v) is 2.49. The number of nitrogens with zero attached hydrogens (tertiary/aromatic N) is 2. The Morgan fingerprint density at radius 2 is 2.18 bits per heavy atom. The van der Waals surface area contributed by atoms with E-state index in [1.165, 1.54) is 29.8 Å². The van der Waals surface area contributed by atoms with Crippen molar-refractivity contribution in [2.24, 2.45) is 0 Å². The van der Waals surface area contributed by atoms with Gasteiger partial charge in [-0.15, -0.1) is 0 Å². The van der Waals surface area contributed by atoms with E-state index in [0.29, 0.717) is 5.92 Å². The zero-order valence-corrected chi connectivity index (χ0v) is 10.8. The molecule has 1 saturated carbocycles. The van der Waals surface area contributed by atoms with Gasteiger partial charge >= 0.3 is 0 Å². The van der Waals surface area contributed by atoms with E-state index in [2.05, 4.69) is 19.2 Å². The predicted octanol–water partition coefficient (Wildman–Crippen LogP) is 2.51. The summed E-state index contributed by atoms with van der Waals surface area (Å²) in [6.45, 7) is 6.49. The minimum absolute atomic E-state index is 0.493. The number of fused-ring (bicyclic) bond motifs is 1. The first-order valence-electron chi connectivity index (χ1n) is 6.90. The molecule has 1 unspecified atom stereocenters. The van der Waals surface area contributed by atoms with Crippen LogP contribution in [0.2, 0.25) is 0 Å². The Morgan fingerprint density at radius 1 is 1.35 bits per heavy atom.